The highest BCUT2D eigenvalue weighted by atomic mass is 16.5. The molecule has 0 amide bonds. The van der Waals surface area contributed by atoms with E-state index < -0.39 is 24.1 Å². The summed E-state index contributed by atoms with van der Waals surface area (Å²) in [5.74, 6) is -0.378. The number of benzene rings is 3. The third kappa shape index (κ3) is 5.36. The fraction of sp³-hybridized carbons (Fsp3) is 0.300. The summed E-state index contributed by atoms with van der Waals surface area (Å²) in [6.07, 6.45) is -0.872. The Kier molecular flexibility index (Phi) is 7.46. The van der Waals surface area contributed by atoms with Gasteiger partial charge in [0.1, 0.15) is 23.4 Å². The van der Waals surface area contributed by atoms with E-state index in [2.05, 4.69) is 9.97 Å². The molecule has 0 saturated carbocycles. The molecule has 1 heterocycles. The predicted molar refractivity (Wildman–Crippen MR) is 145 cm³/mol. The number of carbonyl (C=O) groups is 2. The van der Waals surface area contributed by atoms with Gasteiger partial charge in [0.05, 0.1) is 48.6 Å². The average Bonchev–Trinajstić information content (AvgIpc) is 3.54. The number of aromatic nitrogens is 2. The topological polar surface area (TPSA) is 151 Å². The van der Waals surface area contributed by atoms with Crippen LogP contribution in [0.15, 0.2) is 48.5 Å². The van der Waals surface area contributed by atoms with Crippen LogP contribution in [0.4, 0.5) is 0 Å². The fourth-order valence-corrected chi connectivity index (χ4v) is 5.26. The minimum absolute atomic E-state index is 0.138. The van der Waals surface area contributed by atoms with Gasteiger partial charge in [-0.1, -0.05) is 6.07 Å². The predicted octanol–water partition coefficient (Wildman–Crippen LogP) is 4.11. The molecular formula is C30H30N2O8. The number of nitrogens with zero attached hydrogens (tertiary/aromatic N) is 1. The van der Waals surface area contributed by atoms with Gasteiger partial charge < -0.3 is 34.5 Å². The largest absolute Gasteiger partial charge is 0.496 e. The number of methoxy groups -OCH3 is 2. The first-order valence-corrected chi connectivity index (χ1v) is 12.8. The average molecular weight is 547 g/mol. The van der Waals surface area contributed by atoms with E-state index in [0.29, 0.717) is 46.8 Å². The Morgan fingerprint density at radius 3 is 2.23 bits per heavy atom. The summed E-state index contributed by atoms with van der Waals surface area (Å²) >= 11 is 0. The van der Waals surface area contributed by atoms with Gasteiger partial charge in [-0.15, -0.1) is 0 Å². The third-order valence-electron chi connectivity index (χ3n) is 7.36. The summed E-state index contributed by atoms with van der Waals surface area (Å²) in [4.78, 5) is 30.6. The van der Waals surface area contributed by atoms with Gasteiger partial charge in [0.25, 0.3) is 0 Å². The van der Waals surface area contributed by atoms with Crippen LogP contribution in [0, 0.1) is 6.92 Å². The van der Waals surface area contributed by atoms with Gasteiger partial charge >= 0.3 is 11.9 Å². The van der Waals surface area contributed by atoms with E-state index in [1.54, 1.807) is 44.6 Å². The zero-order valence-corrected chi connectivity index (χ0v) is 22.3. The summed E-state index contributed by atoms with van der Waals surface area (Å²) in [6, 6.07) is 13.2. The van der Waals surface area contributed by atoms with E-state index in [0.717, 1.165) is 16.7 Å². The fourth-order valence-electron chi connectivity index (χ4n) is 5.26. The second-order valence-electron chi connectivity index (χ2n) is 9.91. The van der Waals surface area contributed by atoms with E-state index in [1.165, 1.54) is 12.1 Å². The number of aliphatic hydroxyl groups excluding tert-OH is 1. The molecule has 1 unspecified atom stereocenters. The normalized spacial score (nSPS) is 15.9. The van der Waals surface area contributed by atoms with Crippen LogP contribution >= 0.6 is 0 Å². The Labute approximate surface area is 230 Å². The van der Waals surface area contributed by atoms with Crippen molar-refractivity contribution in [1.29, 1.82) is 0 Å². The van der Waals surface area contributed by atoms with Gasteiger partial charge in [-0.3, -0.25) is 0 Å². The molecule has 5 rings (SSSR count). The van der Waals surface area contributed by atoms with Gasteiger partial charge in [0.15, 0.2) is 0 Å². The van der Waals surface area contributed by atoms with E-state index in [9.17, 15) is 24.9 Å². The molecule has 0 bridgehead atoms. The molecule has 1 aliphatic carbocycles. The second-order valence-corrected chi connectivity index (χ2v) is 9.91. The molecule has 0 fully saturated rings. The van der Waals surface area contributed by atoms with Crippen LogP contribution in [0.25, 0.3) is 11.0 Å². The smallest absolute Gasteiger partial charge is 0.335 e. The second kappa shape index (κ2) is 11.0. The monoisotopic (exact) mass is 546 g/mol. The van der Waals surface area contributed by atoms with Gasteiger partial charge in [0.2, 0.25) is 0 Å². The number of hydrogen-bond acceptors (Lipinski definition) is 7. The summed E-state index contributed by atoms with van der Waals surface area (Å²) in [5, 5.41) is 30.3. The van der Waals surface area contributed by atoms with Crippen LogP contribution in [0.5, 0.6) is 11.5 Å². The molecule has 1 aromatic heterocycles. The molecule has 40 heavy (non-hydrogen) atoms. The van der Waals surface area contributed by atoms with Gasteiger partial charge in [0, 0.05) is 12.0 Å². The van der Waals surface area contributed by atoms with Crippen molar-refractivity contribution >= 4 is 23.0 Å². The Hall–Kier alpha value is -4.41. The van der Waals surface area contributed by atoms with Crippen LogP contribution in [-0.2, 0) is 24.0 Å². The van der Waals surface area contributed by atoms with Crippen molar-refractivity contribution in [3.63, 3.8) is 0 Å². The SMILES string of the molecule is COc1cc([C@@H](O)[C@H](Cc2nc3ccc(C(=O)O)cc3[nH]2)OC2Cc3ccc(C(=O)O)cc3C2)cc(OC)c1C. The summed E-state index contributed by atoms with van der Waals surface area (Å²) in [6.45, 7) is 1.86. The molecular weight excluding hydrogens is 516 g/mol. The summed E-state index contributed by atoms with van der Waals surface area (Å²) in [7, 11) is 3.10. The Balaban J connectivity index is 1.46. The lowest BCUT2D eigenvalue weighted by Gasteiger charge is -2.27. The molecule has 0 aliphatic heterocycles. The van der Waals surface area contributed by atoms with Crippen molar-refractivity contribution in [2.75, 3.05) is 14.2 Å². The first kappa shape index (κ1) is 27.2. The molecule has 0 saturated heterocycles. The molecule has 0 spiro atoms. The molecule has 10 nitrogen and oxygen atoms in total. The van der Waals surface area contributed by atoms with Crippen molar-refractivity contribution in [1.82, 2.24) is 9.97 Å². The Morgan fingerprint density at radius 1 is 0.950 bits per heavy atom. The van der Waals surface area contributed by atoms with E-state index in [4.69, 9.17) is 14.2 Å². The highest BCUT2D eigenvalue weighted by molar-refractivity contribution is 5.92. The van der Waals surface area contributed by atoms with Crippen LogP contribution in [0.3, 0.4) is 0 Å². The molecule has 3 atom stereocenters. The van der Waals surface area contributed by atoms with E-state index in [1.807, 2.05) is 13.0 Å². The van der Waals surface area contributed by atoms with Crippen LogP contribution < -0.4 is 9.47 Å². The number of ether oxygens (including phenoxy) is 3. The van der Waals surface area contributed by atoms with Gasteiger partial charge in [-0.05, 0) is 78.9 Å². The number of carboxylic acid groups (broad SMARTS) is 2. The highest BCUT2D eigenvalue weighted by Crippen LogP contribution is 2.35. The number of aliphatic hydroxyl groups is 1. The first-order chi connectivity index (χ1) is 19.2. The number of hydrogen-bond donors (Lipinski definition) is 4. The zero-order chi connectivity index (χ0) is 28.6. The zero-order valence-electron chi connectivity index (χ0n) is 22.3. The number of fused-ring (bicyclic) bond motifs is 2. The number of carboxylic acids is 2. The van der Waals surface area contributed by atoms with Gasteiger partial charge in [-0.2, -0.15) is 0 Å². The number of aromatic amines is 1. The molecule has 4 N–H and O–H groups in total. The molecule has 208 valence electrons. The molecule has 3 aromatic carbocycles. The number of imidazole rings is 1. The molecule has 1 aliphatic rings. The van der Waals surface area contributed by atoms with Crippen molar-refractivity contribution in [3.05, 3.63) is 87.7 Å². The number of H-pyrrole nitrogens is 1. The maximum atomic E-state index is 11.6. The Bertz CT molecular complexity index is 1570. The molecule has 0 radical (unpaired) electrons. The highest BCUT2D eigenvalue weighted by Gasteiger charge is 2.31. The van der Waals surface area contributed by atoms with E-state index in [-0.39, 0.29) is 23.7 Å². The lowest BCUT2D eigenvalue weighted by Crippen LogP contribution is -2.31. The number of aromatic carboxylic acids is 2. The van der Waals surface area contributed by atoms with Crippen LogP contribution in [0.2, 0.25) is 0 Å². The van der Waals surface area contributed by atoms with Crippen molar-refractivity contribution in [2.45, 2.75) is 44.5 Å². The minimum atomic E-state index is -1.09. The van der Waals surface area contributed by atoms with Crippen molar-refractivity contribution in [2.24, 2.45) is 0 Å². The lowest BCUT2D eigenvalue weighted by molar-refractivity contribution is -0.0750. The third-order valence-corrected chi connectivity index (χ3v) is 7.36. The Morgan fingerprint density at radius 2 is 1.57 bits per heavy atom. The van der Waals surface area contributed by atoms with Crippen molar-refractivity contribution in [3.8, 4) is 11.5 Å². The minimum Gasteiger partial charge on any atom is -0.496 e. The number of rotatable bonds is 10. The molecule has 10 heteroatoms. The van der Waals surface area contributed by atoms with Crippen LogP contribution in [0.1, 0.15) is 54.9 Å². The lowest BCUT2D eigenvalue weighted by atomic mass is 9.99. The summed E-state index contributed by atoms with van der Waals surface area (Å²) in [5.41, 5.74) is 4.77. The van der Waals surface area contributed by atoms with E-state index >= 15 is 0 Å². The number of nitrogens with one attached hydrogen (secondary N) is 1. The summed E-state index contributed by atoms with van der Waals surface area (Å²) < 4.78 is 17.5. The first-order valence-electron chi connectivity index (χ1n) is 12.8. The quantitative estimate of drug-likeness (QED) is 0.230. The van der Waals surface area contributed by atoms with Gasteiger partial charge in [-0.25, -0.2) is 14.6 Å². The van der Waals surface area contributed by atoms with Crippen molar-refractivity contribution < 1.29 is 39.1 Å². The maximum absolute atomic E-state index is 11.6. The maximum Gasteiger partial charge on any atom is 0.335 e. The standard InChI is InChI=1S/C30H30N2O8/c1-15-24(38-2)12-20(13-25(15)39-3)28(33)26(14-27-31-22-7-6-18(30(36)37)11-23(22)32-27)40-21-9-16-4-5-17(29(34)35)8-19(16)10-21/h4-8,11-13,21,26,28,33H,9-10,14H2,1-3H3,(H,31,32)(H,34,35)(H,36,37)/t21?,26-,28+/m0/s1. The van der Waals surface area contributed by atoms with Crippen LogP contribution in [-0.4, -0.2) is 63.7 Å². The molecule has 4 aromatic rings.